The molecule has 1 fully saturated rings. The van der Waals surface area contributed by atoms with Gasteiger partial charge in [-0.2, -0.15) is 0 Å². The van der Waals surface area contributed by atoms with Gasteiger partial charge in [-0.3, -0.25) is 0 Å². The number of methoxy groups -OCH3 is 1. The Bertz CT molecular complexity index is 606. The maximum atomic E-state index is 12.0. The number of nitrogens with zero attached hydrogens (tertiary/aromatic N) is 1. The van der Waals surface area contributed by atoms with Gasteiger partial charge in [-0.1, -0.05) is 30.3 Å². The number of carbonyl (C=O) groups excluding carboxylic acids is 2. The minimum atomic E-state index is -0.522. The molecule has 0 radical (unpaired) electrons. The molecular formula is C18H23NO4. The largest absolute Gasteiger partial charge is 0.466 e. The molecule has 1 aliphatic rings. The molecule has 23 heavy (non-hydrogen) atoms. The summed E-state index contributed by atoms with van der Waals surface area (Å²) in [5.41, 5.74) is 2.06. The predicted molar refractivity (Wildman–Crippen MR) is 87.0 cm³/mol. The highest BCUT2D eigenvalue weighted by Gasteiger charge is 2.33. The summed E-state index contributed by atoms with van der Waals surface area (Å²) in [6.07, 6.45) is 0.149. The van der Waals surface area contributed by atoms with Crippen molar-refractivity contribution in [3.05, 3.63) is 47.0 Å². The van der Waals surface area contributed by atoms with Crippen molar-refractivity contribution in [1.29, 1.82) is 0 Å². The molecule has 1 aliphatic heterocycles. The highest BCUT2D eigenvalue weighted by molar-refractivity contribution is 5.90. The second-order valence-electron chi connectivity index (χ2n) is 6.57. The van der Waals surface area contributed by atoms with Crippen molar-refractivity contribution in [3.63, 3.8) is 0 Å². The van der Waals surface area contributed by atoms with Crippen LogP contribution in [0.2, 0.25) is 0 Å². The topological polar surface area (TPSA) is 55.8 Å². The zero-order chi connectivity index (χ0) is 17.0. The third kappa shape index (κ3) is 4.58. The Morgan fingerprint density at radius 2 is 1.74 bits per heavy atom. The molecule has 0 spiro atoms. The quantitative estimate of drug-likeness (QED) is 0.635. The van der Waals surface area contributed by atoms with Crippen LogP contribution in [-0.2, 0) is 20.7 Å². The first-order valence-electron chi connectivity index (χ1n) is 7.61. The van der Waals surface area contributed by atoms with Gasteiger partial charge in [0.25, 0.3) is 0 Å². The van der Waals surface area contributed by atoms with E-state index in [0.29, 0.717) is 25.1 Å². The number of hydrogen-bond acceptors (Lipinski definition) is 4. The summed E-state index contributed by atoms with van der Waals surface area (Å²) in [6.45, 7) is 6.31. The predicted octanol–water partition coefficient (Wildman–Crippen LogP) is 2.95. The van der Waals surface area contributed by atoms with Crippen LogP contribution in [0.1, 0.15) is 26.3 Å². The van der Waals surface area contributed by atoms with Gasteiger partial charge in [-0.15, -0.1) is 0 Å². The first kappa shape index (κ1) is 17.1. The summed E-state index contributed by atoms with van der Waals surface area (Å²) < 4.78 is 10.2. The average molecular weight is 317 g/mol. The molecule has 1 aromatic rings. The molecule has 0 atom stereocenters. The number of rotatable bonds is 3. The maximum Gasteiger partial charge on any atom is 0.410 e. The Kier molecular flexibility index (Phi) is 5.08. The van der Waals surface area contributed by atoms with Crippen LogP contribution in [0.25, 0.3) is 0 Å². The van der Waals surface area contributed by atoms with Crippen LogP contribution in [0, 0.1) is 0 Å². The fraction of sp³-hybridized carbons (Fsp3) is 0.444. The summed E-state index contributed by atoms with van der Waals surface area (Å²) in [6, 6.07) is 9.73. The Balaban J connectivity index is 2.08. The maximum absolute atomic E-state index is 12.0. The first-order valence-corrected chi connectivity index (χ1v) is 7.61. The summed E-state index contributed by atoms with van der Waals surface area (Å²) in [5.74, 6) is -0.340. The van der Waals surface area contributed by atoms with E-state index in [2.05, 4.69) is 0 Å². The van der Waals surface area contributed by atoms with Gasteiger partial charge in [-0.05, 0) is 31.9 Å². The van der Waals surface area contributed by atoms with E-state index in [4.69, 9.17) is 9.47 Å². The number of ether oxygens (including phenoxy) is 2. The van der Waals surface area contributed by atoms with Gasteiger partial charge in [0.2, 0.25) is 0 Å². The Morgan fingerprint density at radius 3 is 2.26 bits per heavy atom. The SMILES string of the molecule is COC(=O)C(Cc1ccccc1)=C1CN(C(=O)OC(C)(C)C)C1. The lowest BCUT2D eigenvalue weighted by molar-refractivity contribution is -0.136. The van der Waals surface area contributed by atoms with Gasteiger partial charge in [0.1, 0.15) is 5.60 Å². The smallest absolute Gasteiger partial charge is 0.410 e. The second-order valence-corrected chi connectivity index (χ2v) is 6.57. The lowest BCUT2D eigenvalue weighted by Crippen LogP contribution is -2.48. The van der Waals surface area contributed by atoms with Crippen molar-refractivity contribution in [1.82, 2.24) is 4.90 Å². The molecule has 0 bridgehead atoms. The van der Waals surface area contributed by atoms with Crippen molar-refractivity contribution in [2.24, 2.45) is 0 Å². The van der Waals surface area contributed by atoms with E-state index in [1.165, 1.54) is 7.11 Å². The molecule has 1 heterocycles. The summed E-state index contributed by atoms with van der Waals surface area (Å²) >= 11 is 0. The lowest BCUT2D eigenvalue weighted by Gasteiger charge is -2.36. The Morgan fingerprint density at radius 1 is 1.13 bits per heavy atom. The second kappa shape index (κ2) is 6.86. The molecule has 124 valence electrons. The van der Waals surface area contributed by atoms with E-state index < -0.39 is 5.60 Å². The molecule has 2 rings (SSSR count). The molecule has 0 aromatic heterocycles. The molecule has 0 saturated carbocycles. The number of benzene rings is 1. The van der Waals surface area contributed by atoms with E-state index in [-0.39, 0.29) is 12.1 Å². The fourth-order valence-electron chi connectivity index (χ4n) is 2.33. The molecule has 0 aliphatic carbocycles. The van der Waals surface area contributed by atoms with Crippen LogP contribution >= 0.6 is 0 Å². The number of likely N-dealkylation sites (tertiary alicyclic amines) is 1. The fourth-order valence-corrected chi connectivity index (χ4v) is 2.33. The summed E-state index contributed by atoms with van der Waals surface area (Å²) in [4.78, 5) is 25.6. The molecule has 5 heteroatoms. The van der Waals surface area contributed by atoms with Gasteiger partial charge >= 0.3 is 12.1 Å². The van der Waals surface area contributed by atoms with Gasteiger partial charge in [0, 0.05) is 25.1 Å². The summed E-state index contributed by atoms with van der Waals surface area (Å²) in [7, 11) is 1.37. The molecule has 5 nitrogen and oxygen atoms in total. The van der Waals surface area contributed by atoms with Crippen LogP contribution in [0.15, 0.2) is 41.5 Å². The highest BCUT2D eigenvalue weighted by Crippen LogP contribution is 2.24. The monoisotopic (exact) mass is 317 g/mol. The van der Waals surface area contributed by atoms with E-state index in [0.717, 1.165) is 11.1 Å². The van der Waals surface area contributed by atoms with Crippen LogP contribution in [0.3, 0.4) is 0 Å². The van der Waals surface area contributed by atoms with Crippen LogP contribution in [-0.4, -0.2) is 42.8 Å². The summed E-state index contributed by atoms with van der Waals surface area (Å²) in [5, 5.41) is 0. The number of carbonyl (C=O) groups is 2. The molecule has 1 amide bonds. The van der Waals surface area contributed by atoms with Crippen LogP contribution < -0.4 is 0 Å². The van der Waals surface area contributed by atoms with Gasteiger partial charge in [0.05, 0.1) is 7.11 Å². The van der Waals surface area contributed by atoms with Crippen molar-refractivity contribution in [3.8, 4) is 0 Å². The third-order valence-electron chi connectivity index (χ3n) is 3.50. The van der Waals surface area contributed by atoms with Crippen LogP contribution in [0.5, 0.6) is 0 Å². The van der Waals surface area contributed by atoms with Crippen molar-refractivity contribution < 1.29 is 19.1 Å². The lowest BCUT2D eigenvalue weighted by atomic mass is 9.95. The van der Waals surface area contributed by atoms with Crippen molar-refractivity contribution in [2.45, 2.75) is 32.8 Å². The zero-order valence-corrected chi connectivity index (χ0v) is 14.1. The van der Waals surface area contributed by atoms with E-state index in [1.54, 1.807) is 4.90 Å². The van der Waals surface area contributed by atoms with E-state index in [9.17, 15) is 9.59 Å². The molecule has 1 saturated heterocycles. The van der Waals surface area contributed by atoms with E-state index in [1.807, 2.05) is 51.1 Å². The number of esters is 1. The minimum Gasteiger partial charge on any atom is -0.466 e. The Labute approximate surface area is 136 Å². The van der Waals surface area contributed by atoms with Gasteiger partial charge in [0.15, 0.2) is 0 Å². The zero-order valence-electron chi connectivity index (χ0n) is 14.1. The molecular weight excluding hydrogens is 294 g/mol. The molecule has 1 aromatic carbocycles. The average Bonchev–Trinajstić information content (AvgIpc) is 2.43. The van der Waals surface area contributed by atoms with E-state index >= 15 is 0 Å². The number of hydrogen-bond donors (Lipinski definition) is 0. The normalized spacial score (nSPS) is 14.1. The van der Waals surface area contributed by atoms with Gasteiger partial charge < -0.3 is 14.4 Å². The first-order chi connectivity index (χ1) is 10.8. The Hall–Kier alpha value is -2.30. The highest BCUT2D eigenvalue weighted by atomic mass is 16.6. The van der Waals surface area contributed by atoms with Crippen molar-refractivity contribution >= 4 is 12.1 Å². The van der Waals surface area contributed by atoms with Crippen LogP contribution in [0.4, 0.5) is 4.79 Å². The molecule has 0 unspecified atom stereocenters. The minimum absolute atomic E-state index is 0.340. The number of amides is 1. The molecule has 0 N–H and O–H groups in total. The standard InChI is InChI=1S/C18H23NO4/c1-18(2,3)23-17(21)19-11-14(12-19)15(16(20)22-4)10-13-8-6-5-7-9-13/h5-9H,10-12H2,1-4H3. The third-order valence-corrected chi connectivity index (χ3v) is 3.50. The van der Waals surface area contributed by atoms with Crippen molar-refractivity contribution in [2.75, 3.05) is 20.2 Å². The van der Waals surface area contributed by atoms with Gasteiger partial charge in [-0.25, -0.2) is 9.59 Å².